The third-order valence-electron chi connectivity index (χ3n) is 4.98. The van der Waals surface area contributed by atoms with Crippen LogP contribution in [0.5, 0.6) is 0 Å². The summed E-state index contributed by atoms with van der Waals surface area (Å²) in [4.78, 5) is 10.9. The Morgan fingerprint density at radius 3 is 2.16 bits per heavy atom. The van der Waals surface area contributed by atoms with Crippen molar-refractivity contribution in [2.45, 2.75) is 25.3 Å². The molecule has 1 aliphatic heterocycles. The number of aromatic nitrogens is 3. The van der Waals surface area contributed by atoms with Gasteiger partial charge in [0.05, 0.1) is 0 Å². The first kappa shape index (κ1) is 23.8. The van der Waals surface area contributed by atoms with Crippen molar-refractivity contribution in [3.8, 4) is 11.3 Å². The van der Waals surface area contributed by atoms with E-state index in [1.165, 1.54) is 0 Å². The van der Waals surface area contributed by atoms with Gasteiger partial charge in [-0.05, 0) is 17.2 Å². The first-order chi connectivity index (χ1) is 14.8. The van der Waals surface area contributed by atoms with Crippen molar-refractivity contribution in [2.24, 2.45) is 0 Å². The number of pyridine rings is 3. The Bertz CT molecular complexity index is 1210. The molecule has 0 fully saturated rings. The Morgan fingerprint density at radius 2 is 1.53 bits per heavy atom. The SMILES string of the molecule is CC(C)(c1cccc(-c2[c-]cc(F)nc2F)n1)C1C=CC=C(c2[c-]cc(F)nc2F)[N-]1.[Pt]. The van der Waals surface area contributed by atoms with Crippen LogP contribution >= 0.6 is 0 Å². The molecule has 4 nitrogen and oxygen atoms in total. The van der Waals surface area contributed by atoms with Crippen LogP contribution in [0.2, 0.25) is 0 Å². The van der Waals surface area contributed by atoms with E-state index in [1.54, 1.807) is 30.4 Å². The van der Waals surface area contributed by atoms with Crippen molar-refractivity contribution < 1.29 is 38.6 Å². The zero-order valence-corrected chi connectivity index (χ0v) is 19.1. The van der Waals surface area contributed by atoms with Gasteiger partial charge in [-0.15, -0.1) is 23.8 Å². The fraction of sp³-hybridized carbons (Fsp3) is 0.174. The summed E-state index contributed by atoms with van der Waals surface area (Å²) in [6.07, 6.45) is 5.12. The fourth-order valence-electron chi connectivity index (χ4n) is 3.23. The van der Waals surface area contributed by atoms with Crippen LogP contribution in [0.1, 0.15) is 25.1 Å². The van der Waals surface area contributed by atoms with Crippen molar-refractivity contribution in [1.29, 1.82) is 0 Å². The van der Waals surface area contributed by atoms with Crippen molar-refractivity contribution in [2.75, 3.05) is 0 Å². The molecule has 0 spiro atoms. The van der Waals surface area contributed by atoms with Crippen LogP contribution in [-0.2, 0) is 26.5 Å². The predicted octanol–water partition coefficient (Wildman–Crippen LogP) is 5.32. The number of nitrogens with zero attached hydrogens (tertiary/aromatic N) is 4. The number of hydrogen-bond acceptors (Lipinski definition) is 3. The topological polar surface area (TPSA) is 52.8 Å². The largest absolute Gasteiger partial charge is 0.721 e. The second kappa shape index (κ2) is 9.33. The van der Waals surface area contributed by atoms with Gasteiger partial charge in [-0.2, -0.15) is 0 Å². The van der Waals surface area contributed by atoms with E-state index in [4.69, 9.17) is 0 Å². The van der Waals surface area contributed by atoms with E-state index in [0.29, 0.717) is 5.69 Å². The molecule has 1 atom stereocenters. The summed E-state index contributed by atoms with van der Waals surface area (Å²) in [5, 5.41) is 4.58. The van der Waals surface area contributed by atoms with Gasteiger partial charge in [-0.1, -0.05) is 61.9 Å². The molecular weight excluding hydrogens is 603 g/mol. The average molecular weight is 618 g/mol. The van der Waals surface area contributed by atoms with E-state index < -0.39 is 35.2 Å². The maximum absolute atomic E-state index is 14.1. The Morgan fingerprint density at radius 1 is 0.906 bits per heavy atom. The molecule has 0 saturated heterocycles. The number of halogens is 4. The molecule has 3 aromatic rings. The molecule has 0 saturated carbocycles. The van der Waals surface area contributed by atoms with Gasteiger partial charge < -0.3 is 10.3 Å². The third-order valence-corrected chi connectivity index (χ3v) is 4.98. The van der Waals surface area contributed by atoms with Crippen LogP contribution in [0.4, 0.5) is 17.6 Å². The molecule has 4 rings (SSSR count). The van der Waals surface area contributed by atoms with E-state index in [-0.39, 0.29) is 43.6 Å². The average Bonchev–Trinajstić information content (AvgIpc) is 2.74. The van der Waals surface area contributed by atoms with Crippen molar-refractivity contribution in [1.82, 2.24) is 15.0 Å². The molecule has 1 aliphatic rings. The molecule has 3 aromatic heterocycles. The van der Waals surface area contributed by atoms with E-state index >= 15 is 0 Å². The van der Waals surface area contributed by atoms with E-state index in [0.717, 1.165) is 12.1 Å². The first-order valence-electron chi connectivity index (χ1n) is 9.31. The van der Waals surface area contributed by atoms with E-state index in [1.807, 2.05) is 19.9 Å². The fourth-order valence-corrected chi connectivity index (χ4v) is 3.23. The van der Waals surface area contributed by atoms with Crippen LogP contribution in [0.25, 0.3) is 22.3 Å². The molecule has 168 valence electrons. The predicted molar refractivity (Wildman–Crippen MR) is 106 cm³/mol. The van der Waals surface area contributed by atoms with Crippen molar-refractivity contribution in [3.05, 3.63) is 101 Å². The molecule has 32 heavy (non-hydrogen) atoms. The maximum Gasteiger partial charge on any atom is 0.128 e. The second-order valence-electron chi connectivity index (χ2n) is 7.42. The first-order valence-corrected chi connectivity index (χ1v) is 9.31. The summed E-state index contributed by atoms with van der Waals surface area (Å²) < 4.78 is 54.4. The number of rotatable bonds is 4. The smallest absolute Gasteiger partial charge is 0.128 e. The van der Waals surface area contributed by atoms with Crippen LogP contribution in [0, 0.1) is 35.9 Å². The minimum Gasteiger partial charge on any atom is -0.721 e. The van der Waals surface area contributed by atoms with Crippen LogP contribution in [0.15, 0.2) is 48.6 Å². The van der Waals surface area contributed by atoms with Gasteiger partial charge in [0.1, 0.15) is 23.8 Å². The van der Waals surface area contributed by atoms with Crippen LogP contribution in [-0.4, -0.2) is 21.0 Å². The van der Waals surface area contributed by atoms with Crippen LogP contribution < -0.4 is 0 Å². The molecule has 0 N–H and O–H groups in total. The normalized spacial score (nSPS) is 15.6. The number of hydrogen-bond donors (Lipinski definition) is 0. The van der Waals surface area contributed by atoms with E-state index in [9.17, 15) is 17.6 Å². The summed E-state index contributed by atoms with van der Waals surface area (Å²) in [6, 6.07) is 11.5. The summed E-state index contributed by atoms with van der Waals surface area (Å²) >= 11 is 0. The van der Waals surface area contributed by atoms with Crippen molar-refractivity contribution in [3.63, 3.8) is 0 Å². The van der Waals surface area contributed by atoms with Gasteiger partial charge in [0.15, 0.2) is 0 Å². The molecule has 0 amide bonds. The maximum atomic E-state index is 14.1. The summed E-state index contributed by atoms with van der Waals surface area (Å²) in [7, 11) is 0. The monoisotopic (exact) mass is 618 g/mol. The van der Waals surface area contributed by atoms with Gasteiger partial charge in [-0.3, -0.25) is 9.97 Å². The molecule has 0 aromatic carbocycles. The van der Waals surface area contributed by atoms with Gasteiger partial charge in [-0.25, -0.2) is 23.3 Å². The minimum atomic E-state index is -1.01. The van der Waals surface area contributed by atoms with Crippen molar-refractivity contribution >= 4 is 5.70 Å². The summed E-state index contributed by atoms with van der Waals surface area (Å²) in [6.45, 7) is 3.76. The van der Waals surface area contributed by atoms with Crippen LogP contribution in [0.3, 0.4) is 0 Å². The van der Waals surface area contributed by atoms with Gasteiger partial charge in [0.2, 0.25) is 0 Å². The Labute approximate surface area is 196 Å². The quantitative estimate of drug-likeness (QED) is 0.226. The molecule has 0 aliphatic carbocycles. The summed E-state index contributed by atoms with van der Waals surface area (Å²) in [5.74, 6) is -3.95. The van der Waals surface area contributed by atoms with Gasteiger partial charge >= 0.3 is 0 Å². The summed E-state index contributed by atoms with van der Waals surface area (Å²) in [5.41, 5.74) is 0.299. The second-order valence-corrected chi connectivity index (χ2v) is 7.42. The molecule has 0 bridgehead atoms. The molecular formula is C23H15F4N4Pt-3. The molecule has 1 unspecified atom stereocenters. The van der Waals surface area contributed by atoms with E-state index in [2.05, 4.69) is 32.4 Å². The molecule has 4 heterocycles. The standard InChI is InChI=1S/C23H15F4N4.Pt/c1-23(2,17-7-3-5-15(28-17)13-9-11-19(24)30-21(13)26)18-8-4-6-16(29-18)14-10-12-20(25)31-22(14)27;/h3-8,11-12,17H,1-2H3;/q-3;. The third kappa shape index (κ3) is 4.65. The Balaban J connectivity index is 0.00000289. The minimum absolute atomic E-state index is 0. The zero-order chi connectivity index (χ0) is 22.2. The van der Waals surface area contributed by atoms with Gasteiger partial charge in [0, 0.05) is 26.8 Å². The Kier molecular flexibility index (Phi) is 6.93. The zero-order valence-electron chi connectivity index (χ0n) is 16.8. The number of allylic oxidation sites excluding steroid dienone is 2. The van der Waals surface area contributed by atoms with Gasteiger partial charge in [0.25, 0.3) is 0 Å². The Hall–Kier alpha value is -2.86. The molecule has 0 radical (unpaired) electrons. The molecule has 9 heteroatoms.